The molecule has 1 unspecified atom stereocenters. The first kappa shape index (κ1) is 15.9. The van der Waals surface area contributed by atoms with Crippen molar-refractivity contribution in [3.8, 4) is 12.3 Å². The first-order valence-corrected chi connectivity index (χ1v) is 8.40. The van der Waals surface area contributed by atoms with E-state index in [1.807, 2.05) is 11.8 Å². The Hall–Kier alpha value is -0.170. The van der Waals surface area contributed by atoms with Gasteiger partial charge in [-0.25, -0.2) is 0 Å². The van der Waals surface area contributed by atoms with Crippen LogP contribution in [0, 0.1) is 18.3 Å². The first-order valence-electron chi connectivity index (χ1n) is 7.24. The summed E-state index contributed by atoms with van der Waals surface area (Å²) in [7, 11) is 0. The third-order valence-electron chi connectivity index (χ3n) is 3.78. The number of nitrogens with zero attached hydrogens (tertiary/aromatic N) is 1. The fraction of sp³-hybridized carbons (Fsp3) is 0.867. The second-order valence-corrected chi connectivity index (χ2v) is 6.28. The lowest BCUT2D eigenvalue weighted by molar-refractivity contribution is 0.163. The lowest BCUT2D eigenvalue weighted by Crippen LogP contribution is -2.42. The predicted octanol–water partition coefficient (Wildman–Crippen LogP) is 2.45. The molecule has 18 heavy (non-hydrogen) atoms. The van der Waals surface area contributed by atoms with Crippen molar-refractivity contribution in [3.05, 3.63) is 0 Å². The number of terminal acetylenes is 1. The Labute approximate surface area is 117 Å². The highest BCUT2D eigenvalue weighted by molar-refractivity contribution is 7.99. The molecule has 0 aromatic rings. The minimum absolute atomic E-state index is 0.653. The van der Waals surface area contributed by atoms with Crippen molar-refractivity contribution in [1.82, 2.24) is 10.2 Å². The number of rotatable bonds is 8. The molecule has 0 spiro atoms. The molecule has 0 saturated carbocycles. The van der Waals surface area contributed by atoms with Gasteiger partial charge < -0.3 is 10.2 Å². The maximum Gasteiger partial charge on any atom is 0.0545 e. The molecule has 0 radical (unpaired) electrons. The van der Waals surface area contributed by atoms with E-state index in [1.165, 1.54) is 38.9 Å². The smallest absolute Gasteiger partial charge is 0.0545 e. The maximum absolute atomic E-state index is 5.23. The molecule has 3 heteroatoms. The molecule has 1 saturated heterocycles. The molecule has 1 rings (SSSR count). The molecule has 2 nitrogen and oxygen atoms in total. The van der Waals surface area contributed by atoms with Crippen molar-refractivity contribution in [1.29, 1.82) is 0 Å². The van der Waals surface area contributed by atoms with Crippen LogP contribution in [0.15, 0.2) is 0 Å². The van der Waals surface area contributed by atoms with Gasteiger partial charge >= 0.3 is 0 Å². The Balaban J connectivity index is 2.08. The molecule has 104 valence electrons. The molecule has 1 atom stereocenters. The number of likely N-dealkylation sites (tertiary alicyclic amines) is 1. The van der Waals surface area contributed by atoms with Gasteiger partial charge in [-0.05, 0) is 51.7 Å². The highest BCUT2D eigenvalue weighted by atomic mass is 32.2. The summed E-state index contributed by atoms with van der Waals surface area (Å²) in [5.41, 5.74) is 0. The average Bonchev–Trinajstić information content (AvgIpc) is 2.39. The highest BCUT2D eigenvalue weighted by Gasteiger charge is 2.22. The standard InChI is InChI=1S/C15H28N2S/c1-4-9-17-10-6-15(7-11-17)14(3)16-8-13-18-12-5-2/h2,14-16H,4,6-13H2,1,3H3. The third kappa shape index (κ3) is 6.13. The van der Waals surface area contributed by atoms with Crippen molar-refractivity contribution in [2.75, 3.05) is 37.7 Å². The van der Waals surface area contributed by atoms with E-state index in [2.05, 4.69) is 30.0 Å². The van der Waals surface area contributed by atoms with Crippen LogP contribution in [0.4, 0.5) is 0 Å². The molecule has 1 heterocycles. The van der Waals surface area contributed by atoms with E-state index >= 15 is 0 Å². The molecule has 0 aromatic heterocycles. The summed E-state index contributed by atoms with van der Waals surface area (Å²) in [5, 5.41) is 3.65. The molecule has 0 aromatic carbocycles. The Kier molecular flexibility index (Phi) is 8.58. The zero-order chi connectivity index (χ0) is 13.2. The zero-order valence-electron chi connectivity index (χ0n) is 12.0. The van der Waals surface area contributed by atoms with Crippen molar-refractivity contribution in [2.24, 2.45) is 5.92 Å². The number of thioether (sulfide) groups is 1. The zero-order valence-corrected chi connectivity index (χ0v) is 12.8. The van der Waals surface area contributed by atoms with Crippen LogP contribution >= 0.6 is 11.8 Å². The van der Waals surface area contributed by atoms with E-state index in [9.17, 15) is 0 Å². The molecule has 0 aliphatic carbocycles. The minimum atomic E-state index is 0.653. The van der Waals surface area contributed by atoms with Crippen molar-refractivity contribution >= 4 is 11.8 Å². The van der Waals surface area contributed by atoms with Gasteiger partial charge in [0.15, 0.2) is 0 Å². The van der Waals surface area contributed by atoms with Crippen LogP contribution in [-0.2, 0) is 0 Å². The molecule has 1 fully saturated rings. The topological polar surface area (TPSA) is 15.3 Å². The number of piperidine rings is 1. The van der Waals surface area contributed by atoms with Crippen LogP contribution in [0.3, 0.4) is 0 Å². The van der Waals surface area contributed by atoms with E-state index in [0.29, 0.717) is 6.04 Å². The second kappa shape index (κ2) is 9.72. The van der Waals surface area contributed by atoms with Crippen molar-refractivity contribution in [3.63, 3.8) is 0 Å². The van der Waals surface area contributed by atoms with Gasteiger partial charge in [0.2, 0.25) is 0 Å². The number of hydrogen-bond acceptors (Lipinski definition) is 3. The Bertz CT molecular complexity index is 241. The molecule has 1 N–H and O–H groups in total. The van der Waals surface area contributed by atoms with Crippen LogP contribution in [0.2, 0.25) is 0 Å². The van der Waals surface area contributed by atoms with E-state index in [-0.39, 0.29) is 0 Å². The summed E-state index contributed by atoms with van der Waals surface area (Å²) in [4.78, 5) is 2.60. The normalized spacial score (nSPS) is 19.6. The van der Waals surface area contributed by atoms with Gasteiger partial charge in [-0.3, -0.25) is 0 Å². The van der Waals surface area contributed by atoms with E-state index in [0.717, 1.165) is 24.0 Å². The van der Waals surface area contributed by atoms with Crippen LogP contribution in [0.1, 0.15) is 33.1 Å². The lowest BCUT2D eigenvalue weighted by Gasteiger charge is -2.35. The quantitative estimate of drug-likeness (QED) is 0.538. The molecule has 1 aliphatic heterocycles. The molecule has 0 bridgehead atoms. The Morgan fingerprint density at radius 2 is 2.17 bits per heavy atom. The summed E-state index contributed by atoms with van der Waals surface area (Å²) >= 11 is 1.84. The van der Waals surface area contributed by atoms with Gasteiger partial charge in [0.1, 0.15) is 0 Å². The van der Waals surface area contributed by atoms with Gasteiger partial charge in [-0.2, -0.15) is 0 Å². The largest absolute Gasteiger partial charge is 0.313 e. The first-order chi connectivity index (χ1) is 8.77. The molecular weight excluding hydrogens is 240 g/mol. The van der Waals surface area contributed by atoms with Gasteiger partial charge in [0, 0.05) is 18.3 Å². The fourth-order valence-corrected chi connectivity index (χ4v) is 3.17. The van der Waals surface area contributed by atoms with Crippen molar-refractivity contribution < 1.29 is 0 Å². The van der Waals surface area contributed by atoms with E-state index in [4.69, 9.17) is 6.42 Å². The average molecular weight is 268 g/mol. The van der Waals surface area contributed by atoms with Gasteiger partial charge in [-0.15, -0.1) is 18.2 Å². The van der Waals surface area contributed by atoms with Crippen LogP contribution < -0.4 is 5.32 Å². The van der Waals surface area contributed by atoms with Crippen LogP contribution in [0.5, 0.6) is 0 Å². The van der Waals surface area contributed by atoms with Crippen LogP contribution in [0.25, 0.3) is 0 Å². The summed E-state index contributed by atoms with van der Waals surface area (Å²) < 4.78 is 0. The van der Waals surface area contributed by atoms with Crippen LogP contribution in [-0.4, -0.2) is 48.6 Å². The SMILES string of the molecule is C#CCSCCNC(C)C1CCN(CCC)CC1. The Morgan fingerprint density at radius 1 is 1.44 bits per heavy atom. The highest BCUT2D eigenvalue weighted by Crippen LogP contribution is 2.20. The fourth-order valence-electron chi connectivity index (χ4n) is 2.65. The number of hydrogen-bond donors (Lipinski definition) is 1. The number of nitrogens with one attached hydrogen (secondary N) is 1. The van der Waals surface area contributed by atoms with E-state index < -0.39 is 0 Å². The summed E-state index contributed by atoms with van der Waals surface area (Å²) in [6, 6.07) is 0.653. The van der Waals surface area contributed by atoms with Crippen molar-refractivity contribution in [2.45, 2.75) is 39.2 Å². The predicted molar refractivity (Wildman–Crippen MR) is 83.1 cm³/mol. The van der Waals surface area contributed by atoms with Gasteiger partial charge in [0.05, 0.1) is 5.75 Å². The maximum atomic E-state index is 5.23. The summed E-state index contributed by atoms with van der Waals surface area (Å²) in [6.45, 7) is 9.54. The Morgan fingerprint density at radius 3 is 2.78 bits per heavy atom. The second-order valence-electron chi connectivity index (χ2n) is 5.18. The van der Waals surface area contributed by atoms with E-state index in [1.54, 1.807) is 0 Å². The molecule has 0 amide bonds. The molecule has 1 aliphatic rings. The van der Waals surface area contributed by atoms with Gasteiger partial charge in [-0.1, -0.05) is 12.8 Å². The summed E-state index contributed by atoms with van der Waals surface area (Å²) in [6.07, 6.45) is 9.22. The molecular formula is C15H28N2S. The summed E-state index contributed by atoms with van der Waals surface area (Å²) in [5.74, 6) is 5.49. The van der Waals surface area contributed by atoms with Gasteiger partial charge in [0.25, 0.3) is 0 Å². The minimum Gasteiger partial charge on any atom is -0.313 e. The third-order valence-corrected chi connectivity index (χ3v) is 4.64. The lowest BCUT2D eigenvalue weighted by atomic mass is 9.90. The monoisotopic (exact) mass is 268 g/mol.